The lowest BCUT2D eigenvalue weighted by molar-refractivity contribution is -0.143. The molecular formula is C41H33ClF10N8O7S2. The monoisotopic (exact) mass is 1040 g/mol. The minimum absolute atomic E-state index is 0.154. The van der Waals surface area contributed by atoms with Gasteiger partial charge < -0.3 is 11.1 Å². The van der Waals surface area contributed by atoms with Gasteiger partial charge in [0.2, 0.25) is 15.9 Å². The summed E-state index contributed by atoms with van der Waals surface area (Å²) in [7, 11) is -8.88. The lowest BCUT2D eigenvalue weighted by atomic mass is 9.93. The second-order valence-corrected chi connectivity index (χ2v) is 21.5. The van der Waals surface area contributed by atoms with Crippen LogP contribution in [0.3, 0.4) is 0 Å². The summed E-state index contributed by atoms with van der Waals surface area (Å²) in [6.45, 7) is -0.930. The van der Waals surface area contributed by atoms with Crippen molar-refractivity contribution in [3.05, 3.63) is 93.0 Å². The van der Waals surface area contributed by atoms with Crippen molar-refractivity contribution in [2.75, 3.05) is 16.8 Å². The minimum Gasteiger partial charge on any atom is -0.361 e. The van der Waals surface area contributed by atoms with Gasteiger partial charge in [-0.15, -0.1) is 0 Å². The zero-order valence-electron chi connectivity index (χ0n) is 35.7. The summed E-state index contributed by atoms with van der Waals surface area (Å²) in [4.78, 5) is 43.6. The molecule has 5 aromatic rings. The van der Waals surface area contributed by atoms with Gasteiger partial charge in [0.25, 0.3) is 5.92 Å². The predicted molar refractivity (Wildman–Crippen MR) is 224 cm³/mol. The molecule has 15 nitrogen and oxygen atoms in total. The van der Waals surface area contributed by atoms with Gasteiger partial charge in [-0.2, -0.15) is 49.6 Å². The van der Waals surface area contributed by atoms with Gasteiger partial charge in [0, 0.05) is 34.9 Å². The van der Waals surface area contributed by atoms with E-state index in [2.05, 4.69) is 32.3 Å². The molecule has 2 aliphatic carbocycles. The van der Waals surface area contributed by atoms with E-state index in [1.807, 2.05) is 0 Å². The smallest absolute Gasteiger partial charge is 0.361 e. The van der Waals surface area contributed by atoms with Crippen LogP contribution in [-0.4, -0.2) is 82.5 Å². The maximum absolute atomic E-state index is 15.5. The normalized spacial score (nSPS) is 17.1. The van der Waals surface area contributed by atoms with E-state index in [1.54, 1.807) is 0 Å². The standard InChI is InChI=1S/C41H33ClF10N8O7S2/c1-38(2,68(3,64)65)10-9-21-5-6-22(23-7-8-26(42)30-32(23)59(17-39(45,46)47)57-36(30)60(69(4,66)67)37(63)35(53)62)31(54-21)27(13-18-11-19(43)14-20(44)12-18)55-28(61)16-58-34-29(33(56-58)41(50,51)52)24-15-25(24)40(34,48)49/h5-8,11-12,14,24-25,27H,13,15-17H2,1-4H3,(H2,53,62)(H,55,61)/t24-,25+,27?/m0/s1. The first kappa shape index (κ1) is 50.6. The number of nitrogens with two attached hydrogens (primary N) is 1. The summed E-state index contributed by atoms with van der Waals surface area (Å²) in [6, 6.07) is 4.44. The number of alkyl halides is 8. The number of aromatic nitrogens is 5. The fourth-order valence-corrected chi connectivity index (χ4v) is 9.21. The van der Waals surface area contributed by atoms with E-state index in [9.17, 15) is 66.3 Å². The molecule has 1 saturated carbocycles. The number of pyridine rings is 1. The van der Waals surface area contributed by atoms with Crippen molar-refractivity contribution in [2.24, 2.45) is 11.7 Å². The van der Waals surface area contributed by atoms with E-state index in [-0.39, 0.29) is 36.9 Å². The highest BCUT2D eigenvalue weighted by atomic mass is 35.5. The Morgan fingerprint density at radius 3 is 2.14 bits per heavy atom. The molecular weight excluding hydrogens is 1010 g/mol. The molecule has 3 heterocycles. The number of halogens is 11. The molecule has 3 aromatic heterocycles. The number of nitrogens with one attached hydrogen (secondary N) is 1. The first-order valence-corrected chi connectivity index (χ1v) is 23.9. The van der Waals surface area contributed by atoms with Crippen LogP contribution in [0.25, 0.3) is 22.0 Å². The van der Waals surface area contributed by atoms with Crippen LogP contribution < -0.4 is 15.4 Å². The molecule has 2 aromatic carbocycles. The van der Waals surface area contributed by atoms with Gasteiger partial charge in [0.1, 0.15) is 40.9 Å². The zero-order valence-corrected chi connectivity index (χ0v) is 38.1. The Morgan fingerprint density at radius 1 is 0.957 bits per heavy atom. The highest BCUT2D eigenvalue weighted by Gasteiger charge is 2.68. The van der Waals surface area contributed by atoms with E-state index in [0.29, 0.717) is 12.3 Å². The van der Waals surface area contributed by atoms with Crippen molar-refractivity contribution < 1.29 is 75.1 Å². The van der Waals surface area contributed by atoms with Crippen molar-refractivity contribution in [2.45, 2.75) is 74.8 Å². The third-order valence-corrected chi connectivity index (χ3v) is 14.5. The Bertz CT molecular complexity index is 3290. The SMILES string of the molecule is CC(C)(C#Cc1ccc(-c2ccc(Cl)c3c(N(C(=O)C(N)=O)S(C)(=O)=O)nn(CC(F)(F)F)c23)c(C(Cc2cc(F)cc(F)c2)NC(=O)Cn2nc(C(F)(F)F)c3c2C(F)(F)[C@@H]2C[C@H]32)n1)S(C)(=O)=O. The number of carbonyl (C=O) groups is 3. The molecule has 28 heteroatoms. The molecule has 7 rings (SSSR count). The first-order chi connectivity index (χ1) is 31.6. The lowest BCUT2D eigenvalue weighted by Crippen LogP contribution is -2.44. The van der Waals surface area contributed by atoms with E-state index in [4.69, 9.17) is 17.3 Å². The van der Waals surface area contributed by atoms with Crippen LogP contribution >= 0.6 is 11.6 Å². The number of sulfone groups is 1. The van der Waals surface area contributed by atoms with Gasteiger partial charge in [-0.3, -0.25) is 23.7 Å². The third kappa shape index (κ3) is 9.82. The number of nitrogens with zero attached hydrogens (tertiary/aromatic N) is 6. The predicted octanol–water partition coefficient (Wildman–Crippen LogP) is 6.07. The Hall–Kier alpha value is -6.27. The molecule has 0 radical (unpaired) electrons. The third-order valence-electron chi connectivity index (χ3n) is 11.2. The summed E-state index contributed by atoms with van der Waals surface area (Å²) in [5, 5.41) is 8.18. The molecule has 0 aliphatic heterocycles. The van der Waals surface area contributed by atoms with Crippen LogP contribution in [0.5, 0.6) is 0 Å². The van der Waals surface area contributed by atoms with E-state index >= 15 is 8.78 Å². The molecule has 368 valence electrons. The number of benzene rings is 2. The molecule has 2 aliphatic rings. The second kappa shape index (κ2) is 17.0. The molecule has 1 fully saturated rings. The molecule has 0 spiro atoms. The van der Waals surface area contributed by atoms with Crippen LogP contribution in [-0.2, 0) is 65.9 Å². The molecule has 69 heavy (non-hydrogen) atoms. The van der Waals surface area contributed by atoms with Crippen molar-refractivity contribution in [3.63, 3.8) is 0 Å². The maximum atomic E-state index is 15.5. The second-order valence-electron chi connectivity index (χ2n) is 16.7. The Labute approximate surface area is 388 Å². The summed E-state index contributed by atoms with van der Waals surface area (Å²) in [5.74, 6) is -10.2. The van der Waals surface area contributed by atoms with Crippen LogP contribution in [0.15, 0.2) is 42.5 Å². The summed E-state index contributed by atoms with van der Waals surface area (Å²) < 4.78 is 195. The van der Waals surface area contributed by atoms with Crippen LogP contribution in [0.1, 0.15) is 66.1 Å². The highest BCUT2D eigenvalue weighted by molar-refractivity contribution is 7.93. The van der Waals surface area contributed by atoms with Gasteiger partial charge in [-0.25, -0.2) is 30.6 Å². The Kier molecular flexibility index (Phi) is 12.5. The number of amides is 3. The Balaban J connectivity index is 1.50. The van der Waals surface area contributed by atoms with E-state index in [1.165, 1.54) is 13.8 Å². The average Bonchev–Trinajstić information content (AvgIpc) is 3.71. The molecule has 3 amide bonds. The molecule has 3 N–H and O–H groups in total. The van der Waals surface area contributed by atoms with Gasteiger partial charge in [-0.05, 0) is 74.4 Å². The Morgan fingerprint density at radius 2 is 1.58 bits per heavy atom. The molecule has 1 unspecified atom stereocenters. The maximum Gasteiger partial charge on any atom is 0.435 e. The fourth-order valence-electron chi connectivity index (χ4n) is 7.90. The zero-order chi connectivity index (χ0) is 51.3. The van der Waals surface area contributed by atoms with Gasteiger partial charge in [0.05, 0.1) is 33.9 Å². The number of primary amides is 1. The summed E-state index contributed by atoms with van der Waals surface area (Å²) in [5.41, 5.74) is -1.16. The van der Waals surface area contributed by atoms with E-state index in [0.717, 1.165) is 42.7 Å². The number of hydrogen-bond donors (Lipinski definition) is 2. The fraction of sp³-hybridized carbons (Fsp3) is 0.366. The van der Waals surface area contributed by atoms with Crippen molar-refractivity contribution in [1.82, 2.24) is 29.9 Å². The van der Waals surface area contributed by atoms with Crippen molar-refractivity contribution >= 4 is 65.9 Å². The first-order valence-electron chi connectivity index (χ1n) is 19.7. The van der Waals surface area contributed by atoms with Crippen LogP contribution in [0.2, 0.25) is 5.02 Å². The number of anilines is 1. The molecule has 0 bridgehead atoms. The topological polar surface area (TPSA) is 209 Å². The average molecular weight is 1040 g/mol. The molecule has 0 saturated heterocycles. The van der Waals surface area contributed by atoms with Gasteiger partial charge >= 0.3 is 24.2 Å². The van der Waals surface area contributed by atoms with Crippen molar-refractivity contribution in [3.8, 4) is 23.0 Å². The van der Waals surface area contributed by atoms with Crippen LogP contribution in [0, 0.1) is 29.4 Å². The number of hydrogen-bond acceptors (Lipinski definition) is 10. The summed E-state index contributed by atoms with van der Waals surface area (Å²) >= 11 is 6.49. The van der Waals surface area contributed by atoms with Gasteiger partial charge in [0.15, 0.2) is 21.3 Å². The van der Waals surface area contributed by atoms with E-state index < -0.39 is 160 Å². The molecule has 3 atom stereocenters. The number of sulfonamides is 1. The summed E-state index contributed by atoms with van der Waals surface area (Å²) in [6.07, 6.45) is -10.2. The van der Waals surface area contributed by atoms with Crippen molar-refractivity contribution in [1.29, 1.82) is 0 Å². The quantitative estimate of drug-likeness (QED) is 0.0887. The number of rotatable bonds is 11. The van der Waals surface area contributed by atoms with Crippen LogP contribution in [0.4, 0.5) is 49.7 Å². The number of carbonyl (C=O) groups excluding carboxylic acids is 3. The van der Waals surface area contributed by atoms with Gasteiger partial charge in [-0.1, -0.05) is 23.6 Å². The largest absolute Gasteiger partial charge is 0.435 e. The highest BCUT2D eigenvalue weighted by Crippen LogP contribution is 2.68. The minimum atomic E-state index is -5.23. The number of fused-ring (bicyclic) bond motifs is 4. The lowest BCUT2D eigenvalue weighted by Gasteiger charge is -2.23.